The van der Waals surface area contributed by atoms with E-state index >= 15 is 0 Å². The summed E-state index contributed by atoms with van der Waals surface area (Å²) in [6.07, 6.45) is 4.18. The van der Waals surface area contributed by atoms with Gasteiger partial charge in [0.15, 0.2) is 0 Å². The zero-order chi connectivity index (χ0) is 9.11. The molecule has 1 rings (SSSR count). The summed E-state index contributed by atoms with van der Waals surface area (Å²) in [5.41, 5.74) is 0. The van der Waals surface area contributed by atoms with Gasteiger partial charge in [0.2, 0.25) is 0 Å². The lowest BCUT2D eigenvalue weighted by molar-refractivity contribution is 0.425. The molecule has 1 fully saturated rings. The van der Waals surface area contributed by atoms with E-state index in [1.807, 2.05) is 13.8 Å². The maximum Gasteiger partial charge on any atom is 0.00387 e. The zero-order valence-electron chi connectivity index (χ0n) is 8.32. The van der Waals surface area contributed by atoms with Gasteiger partial charge in [0.1, 0.15) is 0 Å². The molecule has 1 nitrogen and oxygen atoms in total. The van der Waals surface area contributed by atoms with Gasteiger partial charge in [-0.25, -0.2) is 0 Å². The van der Waals surface area contributed by atoms with Gasteiger partial charge >= 0.3 is 0 Å². The summed E-state index contributed by atoms with van der Waals surface area (Å²) in [6, 6.07) is 0.786. The van der Waals surface area contributed by atoms with Crippen molar-refractivity contribution in [1.29, 1.82) is 0 Å². The van der Waals surface area contributed by atoms with E-state index in [9.17, 15) is 0 Å². The Morgan fingerprint density at radius 2 is 1.73 bits per heavy atom. The van der Waals surface area contributed by atoms with E-state index in [-0.39, 0.29) is 0 Å². The van der Waals surface area contributed by atoms with Gasteiger partial charge in [0.25, 0.3) is 0 Å². The fourth-order valence-electron chi connectivity index (χ4n) is 1.03. The number of nitrogens with one attached hydrogen (secondary N) is 1. The summed E-state index contributed by atoms with van der Waals surface area (Å²) in [5.74, 6) is 0. The third-order valence-electron chi connectivity index (χ3n) is 1.56. The molecule has 1 unspecified atom stereocenters. The smallest absolute Gasteiger partial charge is 0.00387 e. The van der Waals surface area contributed by atoms with Crippen LogP contribution in [0.15, 0.2) is 13.2 Å². The summed E-state index contributed by atoms with van der Waals surface area (Å²) in [6.45, 7) is 13.5. The Bertz CT molecular complexity index is 55.9. The Labute approximate surface area is 71.9 Å². The van der Waals surface area contributed by atoms with E-state index in [0.29, 0.717) is 0 Å². The molecule has 0 radical (unpaired) electrons. The van der Waals surface area contributed by atoms with Crippen LogP contribution in [0, 0.1) is 0 Å². The van der Waals surface area contributed by atoms with Gasteiger partial charge in [-0.1, -0.05) is 20.3 Å². The molecule has 0 aliphatic carbocycles. The van der Waals surface area contributed by atoms with Gasteiger partial charge < -0.3 is 5.32 Å². The minimum absolute atomic E-state index is 0.786. The molecule has 11 heavy (non-hydrogen) atoms. The van der Waals surface area contributed by atoms with Gasteiger partial charge in [-0.15, -0.1) is 13.2 Å². The largest absolute Gasteiger partial charge is 0.314 e. The molecule has 1 aliphatic rings. The predicted octanol–water partition coefficient (Wildman–Crippen LogP) is 2.98. The van der Waals surface area contributed by atoms with Crippen molar-refractivity contribution >= 4 is 0 Å². The molecule has 0 spiro atoms. The van der Waals surface area contributed by atoms with Crippen molar-refractivity contribution in [2.45, 2.75) is 46.1 Å². The molecule has 0 amide bonds. The van der Waals surface area contributed by atoms with Crippen LogP contribution in [0.1, 0.15) is 40.0 Å². The Hall–Kier alpha value is -0.300. The lowest BCUT2D eigenvalue weighted by atomic mass is 10.1. The van der Waals surface area contributed by atoms with Crippen LogP contribution in [-0.2, 0) is 0 Å². The third kappa shape index (κ3) is 9.70. The maximum absolute atomic E-state index is 3.38. The van der Waals surface area contributed by atoms with Crippen LogP contribution in [0.4, 0.5) is 0 Å². The average molecular weight is 157 g/mol. The van der Waals surface area contributed by atoms with Crippen LogP contribution < -0.4 is 5.32 Å². The Morgan fingerprint density at radius 1 is 1.18 bits per heavy atom. The maximum atomic E-state index is 3.38. The number of hydrogen-bond acceptors (Lipinski definition) is 1. The van der Waals surface area contributed by atoms with Crippen LogP contribution in [-0.4, -0.2) is 12.6 Å². The molecule has 0 aromatic rings. The molecule has 1 heterocycles. The number of rotatable bonds is 0. The lowest BCUT2D eigenvalue weighted by Gasteiger charge is -2.18. The lowest BCUT2D eigenvalue weighted by Crippen LogP contribution is -2.30. The fraction of sp³-hybridized carbons (Fsp3) is 0.800. The SMILES string of the molecule is C=C.CC.CC1CCCCN1. The first-order valence-electron chi connectivity index (χ1n) is 4.63. The van der Waals surface area contributed by atoms with Gasteiger partial charge in [0.05, 0.1) is 0 Å². The Balaban J connectivity index is 0. The summed E-state index contributed by atoms with van der Waals surface area (Å²) in [4.78, 5) is 0. The molecular weight excluding hydrogens is 134 g/mol. The third-order valence-corrected chi connectivity index (χ3v) is 1.56. The molecule has 0 aromatic carbocycles. The van der Waals surface area contributed by atoms with E-state index in [1.165, 1.54) is 25.8 Å². The van der Waals surface area contributed by atoms with Gasteiger partial charge in [-0.3, -0.25) is 0 Å². The quantitative estimate of drug-likeness (QED) is 0.533. The minimum Gasteiger partial charge on any atom is -0.314 e. The van der Waals surface area contributed by atoms with Gasteiger partial charge in [0, 0.05) is 6.04 Å². The van der Waals surface area contributed by atoms with Crippen molar-refractivity contribution < 1.29 is 0 Å². The molecule has 0 bridgehead atoms. The van der Waals surface area contributed by atoms with Crippen LogP contribution in [0.3, 0.4) is 0 Å². The normalized spacial score (nSPS) is 21.9. The highest BCUT2D eigenvalue weighted by Gasteiger charge is 2.04. The molecule has 0 aromatic heterocycles. The highest BCUT2D eigenvalue weighted by atomic mass is 14.9. The van der Waals surface area contributed by atoms with Crippen LogP contribution in [0.5, 0.6) is 0 Å². The fourth-order valence-corrected chi connectivity index (χ4v) is 1.03. The van der Waals surface area contributed by atoms with E-state index in [4.69, 9.17) is 0 Å². The standard InChI is InChI=1S/C6H13N.C2H6.C2H4/c1-6-4-2-3-5-7-6;2*1-2/h6-7H,2-5H2,1H3;1-2H3;1-2H2. The Morgan fingerprint density at radius 3 is 1.91 bits per heavy atom. The van der Waals surface area contributed by atoms with E-state index in [2.05, 4.69) is 25.4 Å². The van der Waals surface area contributed by atoms with Crippen molar-refractivity contribution in [2.75, 3.05) is 6.54 Å². The van der Waals surface area contributed by atoms with Crippen molar-refractivity contribution in [2.24, 2.45) is 0 Å². The van der Waals surface area contributed by atoms with Crippen LogP contribution in [0.25, 0.3) is 0 Å². The second-order valence-electron chi connectivity index (χ2n) is 2.35. The van der Waals surface area contributed by atoms with Crippen molar-refractivity contribution in [1.82, 2.24) is 5.32 Å². The molecule has 68 valence electrons. The predicted molar refractivity (Wildman–Crippen MR) is 53.9 cm³/mol. The summed E-state index contributed by atoms with van der Waals surface area (Å²) in [7, 11) is 0. The topological polar surface area (TPSA) is 12.0 Å². The highest BCUT2D eigenvalue weighted by molar-refractivity contribution is 4.65. The molecular formula is C10H23N. The van der Waals surface area contributed by atoms with E-state index in [0.717, 1.165) is 6.04 Å². The summed E-state index contributed by atoms with van der Waals surface area (Å²) in [5, 5.41) is 3.38. The number of hydrogen-bond donors (Lipinski definition) is 1. The van der Waals surface area contributed by atoms with Gasteiger partial charge in [-0.2, -0.15) is 0 Å². The number of piperidine rings is 1. The highest BCUT2D eigenvalue weighted by Crippen LogP contribution is 2.04. The van der Waals surface area contributed by atoms with Crippen molar-refractivity contribution in [3.05, 3.63) is 13.2 Å². The first kappa shape index (κ1) is 13.3. The molecule has 0 saturated carbocycles. The Kier molecular flexibility index (Phi) is 15.0. The minimum atomic E-state index is 0.786. The zero-order valence-corrected chi connectivity index (χ0v) is 8.32. The van der Waals surface area contributed by atoms with Gasteiger partial charge in [-0.05, 0) is 26.3 Å². The van der Waals surface area contributed by atoms with E-state index < -0.39 is 0 Å². The molecule has 1 N–H and O–H groups in total. The van der Waals surface area contributed by atoms with Crippen LogP contribution >= 0.6 is 0 Å². The van der Waals surface area contributed by atoms with E-state index in [1.54, 1.807) is 0 Å². The first-order chi connectivity index (χ1) is 5.39. The second-order valence-corrected chi connectivity index (χ2v) is 2.35. The molecule has 1 heteroatoms. The van der Waals surface area contributed by atoms with Crippen molar-refractivity contribution in [3.8, 4) is 0 Å². The summed E-state index contributed by atoms with van der Waals surface area (Å²) < 4.78 is 0. The molecule has 1 aliphatic heterocycles. The van der Waals surface area contributed by atoms with Crippen molar-refractivity contribution in [3.63, 3.8) is 0 Å². The van der Waals surface area contributed by atoms with Crippen LogP contribution in [0.2, 0.25) is 0 Å². The summed E-state index contributed by atoms with van der Waals surface area (Å²) >= 11 is 0. The second kappa shape index (κ2) is 12.4. The molecule has 1 saturated heterocycles. The monoisotopic (exact) mass is 157 g/mol. The molecule has 1 atom stereocenters. The average Bonchev–Trinajstić information content (AvgIpc) is 2.13. The first-order valence-corrected chi connectivity index (χ1v) is 4.63.